The van der Waals surface area contributed by atoms with Gasteiger partial charge in [-0.25, -0.2) is 4.98 Å². The zero-order valence-electron chi connectivity index (χ0n) is 9.87. The molecule has 4 rings (SSSR count). The molecule has 5 heteroatoms. The van der Waals surface area contributed by atoms with Crippen LogP contribution in [0.3, 0.4) is 0 Å². The molecule has 4 unspecified atom stereocenters. The Morgan fingerprint density at radius 3 is 3.28 bits per heavy atom. The van der Waals surface area contributed by atoms with Gasteiger partial charge < -0.3 is 20.2 Å². The largest absolute Gasteiger partial charge is 0.464 e. The van der Waals surface area contributed by atoms with Gasteiger partial charge in [-0.2, -0.15) is 0 Å². The van der Waals surface area contributed by atoms with E-state index in [4.69, 9.17) is 14.9 Å². The van der Waals surface area contributed by atoms with Gasteiger partial charge in [0.15, 0.2) is 0 Å². The van der Waals surface area contributed by atoms with Crippen LogP contribution in [0.15, 0.2) is 29.0 Å². The number of fused-ring (bicyclic) bond motifs is 2. The molecule has 2 aliphatic rings. The molecular formula is C13H15N3O2. The highest BCUT2D eigenvalue weighted by Gasteiger charge is 2.52. The third-order valence-electron chi connectivity index (χ3n) is 4.13. The van der Waals surface area contributed by atoms with E-state index < -0.39 is 0 Å². The monoisotopic (exact) mass is 245 g/mol. The summed E-state index contributed by atoms with van der Waals surface area (Å²) in [5, 5.41) is 4.40. The number of nitrogens with two attached hydrogens (primary N) is 1. The van der Waals surface area contributed by atoms with Crippen LogP contribution >= 0.6 is 0 Å². The lowest BCUT2D eigenvalue weighted by Gasteiger charge is -2.45. The normalized spacial score (nSPS) is 34.3. The van der Waals surface area contributed by atoms with Gasteiger partial charge in [0.05, 0.1) is 23.8 Å². The van der Waals surface area contributed by atoms with Crippen molar-refractivity contribution in [1.82, 2.24) is 4.98 Å². The van der Waals surface area contributed by atoms with Crippen molar-refractivity contribution >= 4 is 16.8 Å². The molecule has 2 fully saturated rings. The van der Waals surface area contributed by atoms with Gasteiger partial charge in [0.1, 0.15) is 11.4 Å². The first kappa shape index (κ1) is 10.3. The van der Waals surface area contributed by atoms with E-state index >= 15 is 0 Å². The van der Waals surface area contributed by atoms with Crippen LogP contribution in [0, 0.1) is 5.92 Å². The topological polar surface area (TPSA) is 73.3 Å². The van der Waals surface area contributed by atoms with Crippen LogP contribution in [-0.2, 0) is 4.74 Å². The zero-order valence-corrected chi connectivity index (χ0v) is 9.87. The van der Waals surface area contributed by atoms with Crippen molar-refractivity contribution in [2.45, 2.75) is 24.6 Å². The molecule has 1 saturated heterocycles. The molecular weight excluding hydrogens is 230 g/mol. The lowest BCUT2D eigenvalue weighted by molar-refractivity contribution is 0.00529. The Hall–Kier alpha value is -1.59. The number of ether oxygens (including phenoxy) is 1. The highest BCUT2D eigenvalue weighted by Crippen LogP contribution is 2.39. The molecule has 0 aromatic carbocycles. The number of rotatable bonds is 2. The van der Waals surface area contributed by atoms with Gasteiger partial charge in [-0.05, 0) is 18.6 Å². The minimum Gasteiger partial charge on any atom is -0.464 e. The first-order valence-electron chi connectivity index (χ1n) is 6.30. The first-order chi connectivity index (χ1) is 8.84. The van der Waals surface area contributed by atoms with Gasteiger partial charge in [-0.15, -0.1) is 0 Å². The van der Waals surface area contributed by atoms with E-state index in [0.29, 0.717) is 5.92 Å². The summed E-state index contributed by atoms with van der Waals surface area (Å²) < 4.78 is 11.1. The molecule has 1 aliphatic carbocycles. The van der Waals surface area contributed by atoms with Crippen molar-refractivity contribution in [1.29, 1.82) is 0 Å². The quantitative estimate of drug-likeness (QED) is 0.835. The number of hydrogen-bond donors (Lipinski definition) is 2. The van der Waals surface area contributed by atoms with Crippen LogP contribution < -0.4 is 11.1 Å². The molecule has 0 bridgehead atoms. The Kier molecular flexibility index (Phi) is 2.13. The Balaban J connectivity index is 1.63. The van der Waals surface area contributed by atoms with Gasteiger partial charge >= 0.3 is 0 Å². The molecule has 2 aromatic heterocycles. The average Bonchev–Trinajstić information content (AvgIpc) is 3.02. The third kappa shape index (κ3) is 1.31. The highest BCUT2D eigenvalue weighted by molar-refractivity contribution is 5.88. The molecule has 0 spiro atoms. The summed E-state index contributed by atoms with van der Waals surface area (Å²) in [6, 6.07) is 4.09. The Labute approximate surface area is 104 Å². The summed E-state index contributed by atoms with van der Waals surface area (Å²) in [5.41, 5.74) is 7.02. The number of hydrogen-bond acceptors (Lipinski definition) is 5. The van der Waals surface area contributed by atoms with E-state index in [1.165, 1.54) is 0 Å². The van der Waals surface area contributed by atoms with E-state index in [2.05, 4.69) is 10.3 Å². The lowest BCUT2D eigenvalue weighted by Crippen LogP contribution is -2.65. The fourth-order valence-electron chi connectivity index (χ4n) is 3.10. The van der Waals surface area contributed by atoms with Crippen molar-refractivity contribution in [3.05, 3.63) is 24.6 Å². The molecule has 2 aromatic rings. The maximum atomic E-state index is 6.18. The number of anilines is 1. The fourth-order valence-corrected chi connectivity index (χ4v) is 3.10. The Morgan fingerprint density at radius 2 is 2.33 bits per heavy atom. The summed E-state index contributed by atoms with van der Waals surface area (Å²) in [4.78, 5) is 4.37. The minimum absolute atomic E-state index is 0.154. The molecule has 94 valence electrons. The molecule has 5 nitrogen and oxygen atoms in total. The van der Waals surface area contributed by atoms with Crippen LogP contribution in [0.1, 0.15) is 6.42 Å². The summed E-state index contributed by atoms with van der Waals surface area (Å²) in [6.07, 6.45) is 4.73. The summed E-state index contributed by atoms with van der Waals surface area (Å²) in [6.45, 7) is 0.824. The number of aromatic nitrogens is 1. The first-order valence-corrected chi connectivity index (χ1v) is 6.30. The van der Waals surface area contributed by atoms with Gasteiger partial charge in [0.2, 0.25) is 0 Å². The molecule has 1 aliphatic heterocycles. The predicted molar refractivity (Wildman–Crippen MR) is 67.2 cm³/mol. The van der Waals surface area contributed by atoms with E-state index in [1.807, 2.05) is 12.1 Å². The van der Waals surface area contributed by atoms with Crippen molar-refractivity contribution in [2.24, 2.45) is 11.7 Å². The van der Waals surface area contributed by atoms with Crippen molar-refractivity contribution < 1.29 is 9.15 Å². The van der Waals surface area contributed by atoms with Gasteiger partial charge in [0.25, 0.3) is 0 Å². The van der Waals surface area contributed by atoms with E-state index in [-0.39, 0.29) is 18.2 Å². The number of nitrogens with zero attached hydrogens (tertiary/aromatic N) is 1. The Morgan fingerprint density at radius 1 is 1.39 bits per heavy atom. The van der Waals surface area contributed by atoms with Gasteiger partial charge in [-0.3, -0.25) is 0 Å². The van der Waals surface area contributed by atoms with Gasteiger partial charge in [-0.1, -0.05) is 0 Å². The molecule has 0 radical (unpaired) electrons. The molecule has 3 N–H and O–H groups in total. The van der Waals surface area contributed by atoms with E-state index in [0.717, 1.165) is 29.8 Å². The summed E-state index contributed by atoms with van der Waals surface area (Å²) in [5.74, 6) is 1.33. The smallest absolute Gasteiger partial charge is 0.139 e. The van der Waals surface area contributed by atoms with Crippen molar-refractivity contribution in [2.75, 3.05) is 11.9 Å². The average molecular weight is 245 g/mol. The SMILES string of the molecule is NC1C2CCOC2C1Nc1nccc2occc12. The Bertz CT molecular complexity index is 582. The standard InChI is InChI=1S/C13H15N3O2/c14-10-8-3-6-18-12(8)11(10)16-13-7-2-5-17-9(7)1-4-15-13/h1-2,4-5,8,10-12H,3,6,14H2,(H,15,16). The molecule has 3 heterocycles. The van der Waals surface area contributed by atoms with Crippen LogP contribution in [-0.4, -0.2) is 29.8 Å². The van der Waals surface area contributed by atoms with Crippen LogP contribution in [0.2, 0.25) is 0 Å². The van der Waals surface area contributed by atoms with E-state index in [1.54, 1.807) is 12.5 Å². The van der Waals surface area contributed by atoms with Crippen LogP contribution in [0.5, 0.6) is 0 Å². The zero-order chi connectivity index (χ0) is 12.1. The van der Waals surface area contributed by atoms with Crippen LogP contribution in [0.4, 0.5) is 5.82 Å². The lowest BCUT2D eigenvalue weighted by atomic mass is 9.72. The summed E-state index contributed by atoms with van der Waals surface area (Å²) in [7, 11) is 0. The minimum atomic E-state index is 0.154. The fraction of sp³-hybridized carbons (Fsp3) is 0.462. The number of pyridine rings is 1. The molecule has 0 amide bonds. The van der Waals surface area contributed by atoms with Crippen LogP contribution in [0.25, 0.3) is 11.0 Å². The third-order valence-corrected chi connectivity index (χ3v) is 4.13. The second-order valence-corrected chi connectivity index (χ2v) is 5.03. The highest BCUT2D eigenvalue weighted by atomic mass is 16.5. The predicted octanol–water partition coefficient (Wildman–Crippen LogP) is 1.35. The van der Waals surface area contributed by atoms with Crippen molar-refractivity contribution in [3.8, 4) is 0 Å². The molecule has 4 atom stereocenters. The molecule has 1 saturated carbocycles. The van der Waals surface area contributed by atoms with Gasteiger partial charge in [0, 0.05) is 24.8 Å². The maximum absolute atomic E-state index is 6.18. The molecule has 18 heavy (non-hydrogen) atoms. The maximum Gasteiger partial charge on any atom is 0.139 e. The second kappa shape index (κ2) is 3.70. The summed E-state index contributed by atoms with van der Waals surface area (Å²) >= 11 is 0. The van der Waals surface area contributed by atoms with Crippen molar-refractivity contribution in [3.63, 3.8) is 0 Å². The second-order valence-electron chi connectivity index (χ2n) is 5.03. The number of furan rings is 1. The van der Waals surface area contributed by atoms with E-state index in [9.17, 15) is 0 Å². The number of nitrogens with one attached hydrogen (secondary N) is 1.